The minimum Gasteiger partial charge on any atom is -0.298 e. The van der Waals surface area contributed by atoms with Crippen LogP contribution in [0, 0.1) is 5.82 Å². The monoisotopic (exact) mass is 322 g/mol. The molecule has 3 aromatic rings. The van der Waals surface area contributed by atoms with Crippen LogP contribution in [0.1, 0.15) is 24.6 Å². The molecule has 4 nitrogen and oxygen atoms in total. The van der Waals surface area contributed by atoms with Gasteiger partial charge >= 0.3 is 0 Å². The number of aromatic nitrogens is 3. The van der Waals surface area contributed by atoms with E-state index in [9.17, 15) is 4.39 Å². The molecule has 0 unspecified atom stereocenters. The second-order valence-electron chi connectivity index (χ2n) is 6.24. The van der Waals surface area contributed by atoms with Gasteiger partial charge in [-0.15, -0.1) is 0 Å². The lowest BCUT2D eigenvalue weighted by atomic mass is 9.96. The van der Waals surface area contributed by atoms with Gasteiger partial charge < -0.3 is 0 Å². The van der Waals surface area contributed by atoms with Crippen molar-refractivity contribution in [3.05, 3.63) is 60.3 Å². The van der Waals surface area contributed by atoms with Crippen LogP contribution in [0.4, 0.5) is 4.39 Å². The summed E-state index contributed by atoms with van der Waals surface area (Å²) in [4.78, 5) is 6.47. The molecule has 0 bridgehead atoms. The zero-order chi connectivity index (χ0) is 16.5. The summed E-state index contributed by atoms with van der Waals surface area (Å²) < 4.78 is 13.3. The van der Waals surface area contributed by atoms with E-state index in [0.29, 0.717) is 6.04 Å². The van der Waals surface area contributed by atoms with Crippen molar-refractivity contribution < 1.29 is 4.39 Å². The minimum absolute atomic E-state index is 0.240. The van der Waals surface area contributed by atoms with Crippen LogP contribution in [0.3, 0.4) is 0 Å². The molecular weight excluding hydrogens is 303 g/mol. The van der Waals surface area contributed by atoms with Crippen molar-refractivity contribution in [1.29, 1.82) is 0 Å². The van der Waals surface area contributed by atoms with Crippen LogP contribution in [-0.4, -0.2) is 33.7 Å². The Morgan fingerprint density at radius 2 is 1.83 bits per heavy atom. The van der Waals surface area contributed by atoms with Crippen molar-refractivity contribution in [3.63, 3.8) is 0 Å². The number of hydrogen-bond donors (Lipinski definition) is 1. The summed E-state index contributed by atoms with van der Waals surface area (Å²) in [6, 6.07) is 10.8. The topological polar surface area (TPSA) is 44.8 Å². The van der Waals surface area contributed by atoms with E-state index < -0.39 is 0 Å². The third-order valence-corrected chi connectivity index (χ3v) is 4.73. The van der Waals surface area contributed by atoms with Gasteiger partial charge in [0.05, 0.1) is 11.7 Å². The van der Waals surface area contributed by atoms with Gasteiger partial charge in [-0.05, 0) is 68.4 Å². The molecule has 0 amide bonds. The molecule has 1 saturated heterocycles. The van der Waals surface area contributed by atoms with Crippen LogP contribution in [0.5, 0.6) is 0 Å². The van der Waals surface area contributed by atoms with Gasteiger partial charge in [-0.1, -0.05) is 0 Å². The van der Waals surface area contributed by atoms with Gasteiger partial charge in [0, 0.05) is 23.5 Å². The molecule has 1 aliphatic heterocycles. The molecule has 0 spiro atoms. The maximum Gasteiger partial charge on any atom is 0.123 e. The molecule has 1 atom stereocenters. The highest BCUT2D eigenvalue weighted by molar-refractivity contribution is 5.82. The zero-order valence-electron chi connectivity index (χ0n) is 13.5. The average Bonchev–Trinajstić information content (AvgIpc) is 3.22. The van der Waals surface area contributed by atoms with Crippen molar-refractivity contribution in [2.45, 2.75) is 18.9 Å². The molecule has 0 aliphatic carbocycles. The van der Waals surface area contributed by atoms with E-state index in [1.165, 1.54) is 18.6 Å². The first kappa shape index (κ1) is 15.0. The fraction of sp³-hybridized carbons (Fsp3) is 0.263. The Labute approximate surface area is 140 Å². The highest BCUT2D eigenvalue weighted by Gasteiger charge is 2.29. The molecule has 122 valence electrons. The van der Waals surface area contributed by atoms with Crippen LogP contribution in [0.2, 0.25) is 0 Å². The van der Waals surface area contributed by atoms with E-state index in [2.05, 4.69) is 27.1 Å². The fourth-order valence-electron chi connectivity index (χ4n) is 3.50. The highest BCUT2D eigenvalue weighted by atomic mass is 19.1. The van der Waals surface area contributed by atoms with Crippen molar-refractivity contribution in [2.75, 3.05) is 13.6 Å². The van der Waals surface area contributed by atoms with Gasteiger partial charge in [0.15, 0.2) is 0 Å². The van der Waals surface area contributed by atoms with Crippen molar-refractivity contribution >= 4 is 0 Å². The minimum atomic E-state index is -0.240. The number of benzene rings is 1. The van der Waals surface area contributed by atoms with Crippen LogP contribution >= 0.6 is 0 Å². The third-order valence-electron chi connectivity index (χ3n) is 4.73. The van der Waals surface area contributed by atoms with Crippen molar-refractivity contribution in [3.8, 4) is 22.4 Å². The molecule has 0 radical (unpaired) electrons. The third kappa shape index (κ3) is 2.61. The number of likely N-dealkylation sites (tertiary alicyclic amines) is 1. The quantitative estimate of drug-likeness (QED) is 0.791. The summed E-state index contributed by atoms with van der Waals surface area (Å²) in [7, 11) is 2.15. The van der Waals surface area contributed by atoms with Gasteiger partial charge in [-0.2, -0.15) is 5.10 Å². The first-order chi connectivity index (χ1) is 11.7. The van der Waals surface area contributed by atoms with Gasteiger partial charge in [0.25, 0.3) is 0 Å². The Balaban J connectivity index is 1.88. The van der Waals surface area contributed by atoms with Gasteiger partial charge in [0.1, 0.15) is 11.5 Å². The summed E-state index contributed by atoms with van der Waals surface area (Å²) in [5, 5.41) is 7.83. The standard InChI is InChI=1S/C19H19FN4/c1-24-12-2-3-16(24)19-17(13-8-10-21-11-9-13)18(22-23-19)14-4-6-15(20)7-5-14/h4-11,16H,2-3,12H2,1H3,(H,22,23)/t16-/m1/s1. The molecule has 5 heteroatoms. The highest BCUT2D eigenvalue weighted by Crippen LogP contribution is 2.40. The van der Waals surface area contributed by atoms with Crippen molar-refractivity contribution in [1.82, 2.24) is 20.1 Å². The predicted molar refractivity (Wildman–Crippen MR) is 91.8 cm³/mol. The predicted octanol–water partition coefficient (Wildman–Crippen LogP) is 4.04. The molecule has 3 heterocycles. The summed E-state index contributed by atoms with van der Waals surface area (Å²) in [5.74, 6) is -0.240. The maximum absolute atomic E-state index is 13.3. The normalized spacial score (nSPS) is 18.2. The van der Waals surface area contributed by atoms with Gasteiger partial charge in [0.2, 0.25) is 0 Å². The van der Waals surface area contributed by atoms with E-state index in [4.69, 9.17) is 0 Å². The number of pyridine rings is 1. The molecule has 1 aliphatic rings. The fourth-order valence-corrected chi connectivity index (χ4v) is 3.50. The number of hydrogen-bond acceptors (Lipinski definition) is 3. The molecule has 2 aromatic heterocycles. The first-order valence-electron chi connectivity index (χ1n) is 8.19. The van der Waals surface area contributed by atoms with Gasteiger partial charge in [-0.3, -0.25) is 15.0 Å². The maximum atomic E-state index is 13.3. The number of halogens is 1. The van der Waals surface area contributed by atoms with Crippen LogP contribution in [0.15, 0.2) is 48.8 Å². The number of nitrogens with zero attached hydrogens (tertiary/aromatic N) is 3. The summed E-state index contributed by atoms with van der Waals surface area (Å²) in [6.45, 7) is 1.09. The lowest BCUT2D eigenvalue weighted by Gasteiger charge is -2.19. The second kappa shape index (κ2) is 6.17. The van der Waals surface area contributed by atoms with Crippen molar-refractivity contribution in [2.24, 2.45) is 0 Å². The van der Waals surface area contributed by atoms with E-state index in [0.717, 1.165) is 41.0 Å². The lowest BCUT2D eigenvalue weighted by molar-refractivity contribution is 0.312. The van der Waals surface area contributed by atoms with Crippen LogP contribution in [-0.2, 0) is 0 Å². The average molecular weight is 322 g/mol. The van der Waals surface area contributed by atoms with E-state index in [1.54, 1.807) is 24.5 Å². The number of aromatic amines is 1. The summed E-state index contributed by atoms with van der Waals surface area (Å²) in [6.07, 6.45) is 5.87. The van der Waals surface area contributed by atoms with Crippen LogP contribution in [0.25, 0.3) is 22.4 Å². The SMILES string of the molecule is CN1CCC[C@@H]1c1[nH]nc(-c2ccc(F)cc2)c1-c1ccncc1. The summed E-state index contributed by atoms with van der Waals surface area (Å²) >= 11 is 0. The Morgan fingerprint density at radius 1 is 1.08 bits per heavy atom. The number of nitrogens with one attached hydrogen (secondary N) is 1. The first-order valence-corrected chi connectivity index (χ1v) is 8.19. The lowest BCUT2D eigenvalue weighted by Crippen LogP contribution is -2.18. The molecule has 4 rings (SSSR count). The molecule has 24 heavy (non-hydrogen) atoms. The van der Waals surface area contributed by atoms with E-state index in [-0.39, 0.29) is 5.82 Å². The Kier molecular flexibility index (Phi) is 3.86. The Hall–Kier alpha value is -2.53. The Bertz CT molecular complexity index is 826. The van der Waals surface area contributed by atoms with Gasteiger partial charge in [-0.25, -0.2) is 4.39 Å². The number of H-pyrrole nitrogens is 1. The molecule has 1 N–H and O–H groups in total. The van der Waals surface area contributed by atoms with E-state index in [1.807, 2.05) is 12.1 Å². The van der Waals surface area contributed by atoms with E-state index >= 15 is 0 Å². The second-order valence-corrected chi connectivity index (χ2v) is 6.24. The molecule has 0 saturated carbocycles. The largest absolute Gasteiger partial charge is 0.298 e. The molecular formula is C19H19FN4. The van der Waals surface area contributed by atoms with Crippen LogP contribution < -0.4 is 0 Å². The molecule has 1 aromatic carbocycles. The smallest absolute Gasteiger partial charge is 0.123 e. The number of rotatable bonds is 3. The molecule has 1 fully saturated rings. The Morgan fingerprint density at radius 3 is 2.50 bits per heavy atom. The summed E-state index contributed by atoms with van der Waals surface area (Å²) in [5.41, 5.74) is 5.06. The zero-order valence-corrected chi connectivity index (χ0v) is 13.5.